The van der Waals surface area contributed by atoms with Crippen LogP contribution in [0.25, 0.3) is 0 Å². The van der Waals surface area contributed by atoms with Crippen molar-refractivity contribution in [3.05, 3.63) is 34.9 Å². The average molecular weight is 299 g/mol. The predicted octanol–water partition coefficient (Wildman–Crippen LogP) is 2.97. The number of hydrogen-bond donors (Lipinski definition) is 0. The Morgan fingerprint density at radius 1 is 1.45 bits per heavy atom. The van der Waals surface area contributed by atoms with Gasteiger partial charge in [0.2, 0.25) is 0 Å². The largest absolute Gasteiger partial charge is 0.368 e. The Morgan fingerprint density at radius 3 is 2.85 bits per heavy atom. The fraction of sp³-hybridized carbons (Fsp3) is 0.533. The molecule has 1 aromatic rings. The fourth-order valence-corrected chi connectivity index (χ4v) is 2.29. The summed E-state index contributed by atoms with van der Waals surface area (Å²) >= 11 is 6.08. The Labute approximate surface area is 124 Å². The van der Waals surface area contributed by atoms with Crippen LogP contribution in [-0.2, 0) is 25.6 Å². The van der Waals surface area contributed by atoms with Crippen molar-refractivity contribution in [2.75, 3.05) is 6.61 Å². The van der Waals surface area contributed by atoms with Crippen molar-refractivity contribution in [3.63, 3.8) is 0 Å². The molecule has 1 aliphatic rings. The number of benzene rings is 1. The summed E-state index contributed by atoms with van der Waals surface area (Å²) < 4.78 is 16.9. The van der Waals surface area contributed by atoms with Gasteiger partial charge in [-0.1, -0.05) is 36.7 Å². The summed E-state index contributed by atoms with van der Waals surface area (Å²) in [5, 5.41) is 0.649. The standard InChI is InChI=1S/C15H19ClO4/c1-3-14-19-9-13(15(20-14)10(2)17)18-8-11-6-4-5-7-12(11)16/h4-7,13-15H,3,8-9H2,1-2H3/t13-,14+,15-/m1/s1. The highest BCUT2D eigenvalue weighted by molar-refractivity contribution is 6.31. The van der Waals surface area contributed by atoms with Gasteiger partial charge >= 0.3 is 0 Å². The van der Waals surface area contributed by atoms with Crippen LogP contribution >= 0.6 is 11.6 Å². The highest BCUT2D eigenvalue weighted by atomic mass is 35.5. The minimum atomic E-state index is -0.573. The predicted molar refractivity (Wildman–Crippen MR) is 75.6 cm³/mol. The van der Waals surface area contributed by atoms with Gasteiger partial charge in [0.25, 0.3) is 0 Å². The van der Waals surface area contributed by atoms with Crippen LogP contribution in [-0.4, -0.2) is 30.9 Å². The Kier molecular flexibility index (Phi) is 5.54. The van der Waals surface area contributed by atoms with Gasteiger partial charge in [0.1, 0.15) is 12.2 Å². The van der Waals surface area contributed by atoms with Crippen molar-refractivity contribution in [1.29, 1.82) is 0 Å². The summed E-state index contributed by atoms with van der Waals surface area (Å²) in [6, 6.07) is 7.46. The second-order valence-corrected chi connectivity index (χ2v) is 5.19. The van der Waals surface area contributed by atoms with Gasteiger partial charge in [-0.25, -0.2) is 0 Å². The summed E-state index contributed by atoms with van der Waals surface area (Å²) in [7, 11) is 0. The van der Waals surface area contributed by atoms with Gasteiger partial charge in [0.05, 0.1) is 13.2 Å². The molecular weight excluding hydrogens is 280 g/mol. The second kappa shape index (κ2) is 7.18. The first-order valence-corrected chi connectivity index (χ1v) is 7.12. The van der Waals surface area contributed by atoms with Crippen molar-refractivity contribution in [3.8, 4) is 0 Å². The smallest absolute Gasteiger partial charge is 0.161 e. The maximum atomic E-state index is 11.7. The van der Waals surface area contributed by atoms with Crippen LogP contribution in [0.15, 0.2) is 24.3 Å². The van der Waals surface area contributed by atoms with Crippen molar-refractivity contribution in [2.24, 2.45) is 0 Å². The summed E-state index contributed by atoms with van der Waals surface area (Å²) in [5.41, 5.74) is 0.883. The van der Waals surface area contributed by atoms with E-state index < -0.39 is 12.2 Å². The Hall–Kier alpha value is -0.940. The molecule has 0 aromatic heterocycles. The van der Waals surface area contributed by atoms with Crippen LogP contribution in [0.4, 0.5) is 0 Å². The third kappa shape index (κ3) is 3.79. The molecule has 0 spiro atoms. The molecule has 1 aromatic carbocycles. The van der Waals surface area contributed by atoms with E-state index >= 15 is 0 Å². The molecule has 1 aliphatic heterocycles. The molecule has 4 nitrogen and oxygen atoms in total. The van der Waals surface area contributed by atoms with E-state index in [1.807, 2.05) is 31.2 Å². The number of ether oxygens (including phenoxy) is 3. The fourth-order valence-electron chi connectivity index (χ4n) is 2.10. The minimum absolute atomic E-state index is 0.0455. The quantitative estimate of drug-likeness (QED) is 0.838. The second-order valence-electron chi connectivity index (χ2n) is 4.78. The Bertz CT molecular complexity index is 463. The van der Waals surface area contributed by atoms with E-state index in [1.54, 1.807) is 0 Å². The van der Waals surface area contributed by atoms with Crippen molar-refractivity contribution >= 4 is 17.4 Å². The Balaban J connectivity index is 1.97. The van der Waals surface area contributed by atoms with Crippen LogP contribution in [0.5, 0.6) is 0 Å². The SMILES string of the molecule is CC[C@H]1OC[C@@H](OCc2ccccc2Cl)[C@@H](C(C)=O)O1. The van der Waals surface area contributed by atoms with E-state index in [2.05, 4.69) is 0 Å². The first-order chi connectivity index (χ1) is 9.61. The topological polar surface area (TPSA) is 44.8 Å². The Morgan fingerprint density at radius 2 is 2.20 bits per heavy atom. The zero-order valence-corrected chi connectivity index (χ0v) is 12.4. The average Bonchev–Trinajstić information content (AvgIpc) is 2.46. The summed E-state index contributed by atoms with van der Waals surface area (Å²) in [5.74, 6) is -0.0455. The van der Waals surface area contributed by atoms with Gasteiger partial charge in [0, 0.05) is 5.02 Å². The van der Waals surface area contributed by atoms with Crippen LogP contribution < -0.4 is 0 Å². The van der Waals surface area contributed by atoms with Crippen LogP contribution in [0.2, 0.25) is 5.02 Å². The van der Waals surface area contributed by atoms with Gasteiger partial charge in [-0.05, 0) is 25.0 Å². The molecule has 2 rings (SSSR count). The van der Waals surface area contributed by atoms with Gasteiger partial charge in [-0.15, -0.1) is 0 Å². The van der Waals surface area contributed by atoms with E-state index in [1.165, 1.54) is 6.92 Å². The highest BCUT2D eigenvalue weighted by Gasteiger charge is 2.35. The van der Waals surface area contributed by atoms with E-state index in [0.29, 0.717) is 24.7 Å². The van der Waals surface area contributed by atoms with E-state index in [9.17, 15) is 4.79 Å². The summed E-state index contributed by atoms with van der Waals surface area (Å²) in [6.45, 7) is 4.15. The van der Waals surface area contributed by atoms with Crippen molar-refractivity contribution in [1.82, 2.24) is 0 Å². The maximum Gasteiger partial charge on any atom is 0.161 e. The number of carbonyl (C=O) groups excluding carboxylic acids is 1. The number of Topliss-reactive ketones (excluding diaryl/α,β-unsaturated/α-hetero) is 1. The number of carbonyl (C=O) groups is 1. The molecule has 20 heavy (non-hydrogen) atoms. The highest BCUT2D eigenvalue weighted by Crippen LogP contribution is 2.22. The summed E-state index contributed by atoms with van der Waals surface area (Å²) in [4.78, 5) is 11.7. The molecule has 0 bridgehead atoms. The number of ketones is 1. The normalized spacial score (nSPS) is 26.4. The molecule has 0 aliphatic carbocycles. The van der Waals surface area contributed by atoms with Gasteiger partial charge in [-0.3, -0.25) is 4.79 Å². The third-order valence-electron chi connectivity index (χ3n) is 3.23. The molecule has 0 amide bonds. The molecule has 0 unspecified atom stereocenters. The molecule has 1 saturated heterocycles. The number of halogens is 1. The third-order valence-corrected chi connectivity index (χ3v) is 3.60. The first-order valence-electron chi connectivity index (χ1n) is 6.74. The number of hydrogen-bond acceptors (Lipinski definition) is 4. The molecule has 1 fully saturated rings. The molecule has 1 heterocycles. The van der Waals surface area contributed by atoms with Crippen LogP contribution in [0, 0.1) is 0 Å². The molecular formula is C15H19ClO4. The zero-order chi connectivity index (χ0) is 14.5. The lowest BCUT2D eigenvalue weighted by molar-refractivity contribution is -0.256. The van der Waals surface area contributed by atoms with E-state index in [4.69, 9.17) is 25.8 Å². The molecule has 110 valence electrons. The van der Waals surface area contributed by atoms with Gasteiger partial charge in [-0.2, -0.15) is 0 Å². The number of rotatable bonds is 5. The molecule has 0 saturated carbocycles. The zero-order valence-electron chi connectivity index (χ0n) is 11.7. The van der Waals surface area contributed by atoms with Crippen molar-refractivity contribution < 1.29 is 19.0 Å². The van der Waals surface area contributed by atoms with Gasteiger partial charge < -0.3 is 14.2 Å². The molecule has 3 atom stereocenters. The van der Waals surface area contributed by atoms with Crippen molar-refractivity contribution in [2.45, 2.75) is 45.4 Å². The summed E-state index contributed by atoms with van der Waals surface area (Å²) in [6.07, 6.45) is -0.590. The van der Waals surface area contributed by atoms with Crippen LogP contribution in [0.3, 0.4) is 0 Å². The molecule has 5 heteroatoms. The van der Waals surface area contributed by atoms with E-state index in [-0.39, 0.29) is 12.1 Å². The lowest BCUT2D eigenvalue weighted by Gasteiger charge is -2.34. The van der Waals surface area contributed by atoms with Gasteiger partial charge in [0.15, 0.2) is 12.1 Å². The monoisotopic (exact) mass is 298 g/mol. The maximum absolute atomic E-state index is 11.7. The molecule has 0 N–H and O–H groups in total. The lowest BCUT2D eigenvalue weighted by atomic mass is 10.1. The minimum Gasteiger partial charge on any atom is -0.368 e. The van der Waals surface area contributed by atoms with Crippen LogP contribution in [0.1, 0.15) is 25.8 Å². The lowest BCUT2D eigenvalue weighted by Crippen LogP contribution is -2.48. The molecule has 0 radical (unpaired) electrons. The van der Waals surface area contributed by atoms with E-state index in [0.717, 1.165) is 5.56 Å². The first kappa shape index (κ1) is 15.4.